The molecule has 1 saturated heterocycles. The van der Waals surface area contributed by atoms with Crippen molar-refractivity contribution < 1.29 is 14.3 Å². The van der Waals surface area contributed by atoms with Crippen LogP contribution in [0.2, 0.25) is 0 Å². The van der Waals surface area contributed by atoms with Crippen LogP contribution >= 0.6 is 0 Å². The van der Waals surface area contributed by atoms with Gasteiger partial charge in [-0.2, -0.15) is 0 Å². The number of morpholine rings is 1. The largest absolute Gasteiger partial charge is 0.383 e. The van der Waals surface area contributed by atoms with Crippen molar-refractivity contribution >= 4 is 5.91 Å². The third-order valence-electron chi connectivity index (χ3n) is 3.61. The van der Waals surface area contributed by atoms with Gasteiger partial charge in [0, 0.05) is 39.3 Å². The smallest absolute Gasteiger partial charge is 0.234 e. The molecule has 0 aromatic carbocycles. The van der Waals surface area contributed by atoms with Gasteiger partial charge < -0.3 is 20.1 Å². The molecule has 0 bridgehead atoms. The minimum absolute atomic E-state index is 0.0492. The van der Waals surface area contributed by atoms with Crippen LogP contribution in [0.25, 0.3) is 0 Å². The molecule has 1 heterocycles. The summed E-state index contributed by atoms with van der Waals surface area (Å²) in [6.45, 7) is 10.3. The molecule has 1 fully saturated rings. The van der Waals surface area contributed by atoms with E-state index in [-0.39, 0.29) is 5.91 Å². The van der Waals surface area contributed by atoms with Crippen LogP contribution in [0, 0.1) is 5.92 Å². The standard InChI is InChI=1S/C15H31N3O3/c1-13(2)10-14(18-5-8-21-9-6-18)11-17-15(19)12-16-4-7-20-3/h13-14,16H,4-12H2,1-3H3,(H,17,19). The summed E-state index contributed by atoms with van der Waals surface area (Å²) in [5, 5.41) is 6.10. The van der Waals surface area contributed by atoms with E-state index in [1.807, 2.05) is 0 Å². The van der Waals surface area contributed by atoms with Crippen molar-refractivity contribution in [3.63, 3.8) is 0 Å². The number of rotatable bonds is 10. The second-order valence-electron chi connectivity index (χ2n) is 5.91. The molecule has 0 aromatic rings. The highest BCUT2D eigenvalue weighted by atomic mass is 16.5. The van der Waals surface area contributed by atoms with E-state index in [9.17, 15) is 4.79 Å². The first kappa shape index (κ1) is 18.4. The Morgan fingerprint density at radius 2 is 2.05 bits per heavy atom. The Morgan fingerprint density at radius 1 is 1.33 bits per heavy atom. The number of hydrogen-bond acceptors (Lipinski definition) is 5. The van der Waals surface area contributed by atoms with E-state index < -0.39 is 0 Å². The molecule has 1 unspecified atom stereocenters. The molecule has 1 aliphatic rings. The molecule has 6 nitrogen and oxygen atoms in total. The minimum atomic E-state index is 0.0492. The van der Waals surface area contributed by atoms with Gasteiger partial charge in [0.15, 0.2) is 0 Å². The SMILES string of the molecule is COCCNCC(=O)NCC(CC(C)C)N1CCOCC1. The second-order valence-corrected chi connectivity index (χ2v) is 5.91. The van der Waals surface area contributed by atoms with Crippen molar-refractivity contribution in [3.05, 3.63) is 0 Å². The third kappa shape index (κ3) is 8.36. The highest BCUT2D eigenvalue weighted by molar-refractivity contribution is 5.77. The summed E-state index contributed by atoms with van der Waals surface area (Å²) in [7, 11) is 1.65. The Hall–Kier alpha value is -0.690. The number of amides is 1. The van der Waals surface area contributed by atoms with E-state index in [1.165, 1.54) is 0 Å². The van der Waals surface area contributed by atoms with Gasteiger partial charge in [0.2, 0.25) is 5.91 Å². The van der Waals surface area contributed by atoms with Crippen LogP contribution in [0.1, 0.15) is 20.3 Å². The molecule has 1 aliphatic heterocycles. The Labute approximate surface area is 128 Å². The quantitative estimate of drug-likeness (QED) is 0.560. The van der Waals surface area contributed by atoms with Gasteiger partial charge in [0.1, 0.15) is 0 Å². The number of methoxy groups -OCH3 is 1. The van der Waals surface area contributed by atoms with Gasteiger partial charge in [-0.05, 0) is 12.3 Å². The van der Waals surface area contributed by atoms with Gasteiger partial charge >= 0.3 is 0 Å². The average Bonchev–Trinajstić information content (AvgIpc) is 2.48. The van der Waals surface area contributed by atoms with Crippen molar-refractivity contribution in [2.75, 3.05) is 59.7 Å². The van der Waals surface area contributed by atoms with Gasteiger partial charge in [-0.15, -0.1) is 0 Å². The molecule has 1 rings (SSSR count). The van der Waals surface area contributed by atoms with Crippen molar-refractivity contribution in [2.45, 2.75) is 26.3 Å². The minimum Gasteiger partial charge on any atom is -0.383 e. The fourth-order valence-electron chi connectivity index (χ4n) is 2.52. The topological polar surface area (TPSA) is 62.8 Å². The summed E-state index contributed by atoms with van der Waals surface area (Å²) < 4.78 is 10.3. The normalized spacial score (nSPS) is 17.9. The maximum Gasteiger partial charge on any atom is 0.234 e. The molecular formula is C15H31N3O3. The zero-order valence-electron chi connectivity index (χ0n) is 13.7. The molecule has 0 aromatic heterocycles. The van der Waals surface area contributed by atoms with Crippen molar-refractivity contribution in [2.24, 2.45) is 5.92 Å². The number of carbonyl (C=O) groups excluding carboxylic acids is 1. The van der Waals surface area contributed by atoms with Crippen LogP contribution in [0.15, 0.2) is 0 Å². The van der Waals surface area contributed by atoms with Crippen molar-refractivity contribution in [3.8, 4) is 0 Å². The molecule has 0 spiro atoms. The molecule has 0 aliphatic carbocycles. The van der Waals surface area contributed by atoms with E-state index in [2.05, 4.69) is 29.4 Å². The fraction of sp³-hybridized carbons (Fsp3) is 0.933. The van der Waals surface area contributed by atoms with Crippen LogP contribution in [-0.2, 0) is 14.3 Å². The lowest BCUT2D eigenvalue weighted by Gasteiger charge is -2.35. The number of nitrogens with one attached hydrogen (secondary N) is 2. The van der Waals surface area contributed by atoms with Gasteiger partial charge in [-0.3, -0.25) is 9.69 Å². The van der Waals surface area contributed by atoms with Crippen LogP contribution in [0.3, 0.4) is 0 Å². The molecule has 124 valence electrons. The van der Waals surface area contributed by atoms with E-state index in [0.717, 1.165) is 32.7 Å². The fourth-order valence-corrected chi connectivity index (χ4v) is 2.52. The lowest BCUT2D eigenvalue weighted by molar-refractivity contribution is -0.120. The molecule has 21 heavy (non-hydrogen) atoms. The van der Waals surface area contributed by atoms with E-state index in [4.69, 9.17) is 9.47 Å². The van der Waals surface area contributed by atoms with Crippen molar-refractivity contribution in [1.29, 1.82) is 0 Å². The predicted octanol–water partition coefficient (Wildman–Crippen LogP) is 0.0855. The van der Waals surface area contributed by atoms with Gasteiger partial charge in [-0.25, -0.2) is 0 Å². The Morgan fingerprint density at radius 3 is 2.67 bits per heavy atom. The van der Waals surface area contributed by atoms with Crippen LogP contribution in [0.5, 0.6) is 0 Å². The maximum absolute atomic E-state index is 11.8. The highest BCUT2D eigenvalue weighted by Gasteiger charge is 2.22. The zero-order chi connectivity index (χ0) is 15.5. The van der Waals surface area contributed by atoms with Crippen LogP contribution in [0.4, 0.5) is 0 Å². The first-order chi connectivity index (χ1) is 10.1. The number of ether oxygens (including phenoxy) is 2. The number of nitrogens with zero attached hydrogens (tertiary/aromatic N) is 1. The van der Waals surface area contributed by atoms with Crippen molar-refractivity contribution in [1.82, 2.24) is 15.5 Å². The summed E-state index contributed by atoms with van der Waals surface area (Å²) in [5.41, 5.74) is 0. The monoisotopic (exact) mass is 301 g/mol. The molecule has 0 radical (unpaired) electrons. The Balaban J connectivity index is 2.29. The first-order valence-electron chi connectivity index (χ1n) is 7.91. The molecule has 2 N–H and O–H groups in total. The van der Waals surface area contributed by atoms with Gasteiger partial charge in [-0.1, -0.05) is 13.8 Å². The summed E-state index contributed by atoms with van der Waals surface area (Å²) in [6.07, 6.45) is 1.09. The molecule has 1 atom stereocenters. The van der Waals surface area contributed by atoms with Crippen LogP contribution < -0.4 is 10.6 Å². The van der Waals surface area contributed by atoms with E-state index in [1.54, 1.807) is 7.11 Å². The summed E-state index contributed by atoms with van der Waals surface area (Å²) in [4.78, 5) is 14.3. The lowest BCUT2D eigenvalue weighted by atomic mass is 10.0. The van der Waals surface area contributed by atoms with Crippen LogP contribution in [-0.4, -0.2) is 76.5 Å². The van der Waals surface area contributed by atoms with Gasteiger partial charge in [0.25, 0.3) is 0 Å². The molecule has 1 amide bonds. The average molecular weight is 301 g/mol. The van der Waals surface area contributed by atoms with E-state index >= 15 is 0 Å². The molecular weight excluding hydrogens is 270 g/mol. The summed E-state index contributed by atoms with van der Waals surface area (Å²) >= 11 is 0. The lowest BCUT2D eigenvalue weighted by Crippen LogP contribution is -2.50. The summed E-state index contributed by atoms with van der Waals surface area (Å²) in [6, 6.07) is 0.400. The molecule has 0 saturated carbocycles. The second kappa shape index (κ2) is 11.0. The van der Waals surface area contributed by atoms with Gasteiger partial charge in [0.05, 0.1) is 26.4 Å². The number of carbonyl (C=O) groups is 1. The molecule has 6 heteroatoms. The third-order valence-corrected chi connectivity index (χ3v) is 3.61. The Kier molecular flexibility index (Phi) is 9.58. The predicted molar refractivity (Wildman–Crippen MR) is 83.4 cm³/mol. The Bertz CT molecular complexity index is 281. The zero-order valence-corrected chi connectivity index (χ0v) is 13.7. The maximum atomic E-state index is 11.8. The van der Waals surface area contributed by atoms with E-state index in [0.29, 0.717) is 38.2 Å². The number of hydrogen-bond donors (Lipinski definition) is 2. The highest BCUT2D eigenvalue weighted by Crippen LogP contribution is 2.12. The summed E-state index contributed by atoms with van der Waals surface area (Å²) in [5.74, 6) is 0.669. The first-order valence-corrected chi connectivity index (χ1v) is 7.91.